The number of nitrogens with one attached hydrogen (secondary N) is 1. The zero-order valence-electron chi connectivity index (χ0n) is 8.58. The standard InChI is InChI=1S/C9H20N2.2ClH/c1-9(7-10-2)8-11-5-3-4-6-11;;/h9-10H,3-8H2,1-2H3;2*1H. The average Bonchev–Trinajstić information content (AvgIpc) is 2.40. The molecule has 1 heterocycles. The fraction of sp³-hybridized carbons (Fsp3) is 1.00. The first kappa shape index (κ1) is 15.9. The molecule has 82 valence electrons. The van der Waals surface area contributed by atoms with E-state index in [2.05, 4.69) is 17.1 Å². The zero-order valence-corrected chi connectivity index (χ0v) is 10.2. The predicted octanol–water partition coefficient (Wildman–Crippen LogP) is 1.78. The van der Waals surface area contributed by atoms with Crippen LogP contribution >= 0.6 is 24.8 Å². The Morgan fingerprint density at radius 2 is 1.77 bits per heavy atom. The lowest BCUT2D eigenvalue weighted by atomic mass is 10.2. The van der Waals surface area contributed by atoms with Crippen LogP contribution in [0.3, 0.4) is 0 Å². The van der Waals surface area contributed by atoms with Gasteiger partial charge in [0.25, 0.3) is 0 Å². The second kappa shape index (κ2) is 9.07. The van der Waals surface area contributed by atoms with Crippen LogP contribution in [0.15, 0.2) is 0 Å². The van der Waals surface area contributed by atoms with Crippen LogP contribution in [0.4, 0.5) is 0 Å². The van der Waals surface area contributed by atoms with Crippen LogP contribution in [0, 0.1) is 5.92 Å². The molecule has 1 rings (SSSR count). The summed E-state index contributed by atoms with van der Waals surface area (Å²) < 4.78 is 0. The molecule has 1 aliphatic heterocycles. The van der Waals surface area contributed by atoms with Gasteiger partial charge in [0, 0.05) is 6.54 Å². The summed E-state index contributed by atoms with van der Waals surface area (Å²) in [4.78, 5) is 2.57. The Morgan fingerprint density at radius 1 is 1.23 bits per heavy atom. The highest BCUT2D eigenvalue weighted by molar-refractivity contribution is 5.85. The van der Waals surface area contributed by atoms with Gasteiger partial charge in [0.2, 0.25) is 0 Å². The van der Waals surface area contributed by atoms with Gasteiger partial charge in [-0.2, -0.15) is 0 Å². The Hall–Kier alpha value is 0.500. The largest absolute Gasteiger partial charge is 0.319 e. The molecule has 1 saturated heterocycles. The van der Waals surface area contributed by atoms with E-state index in [-0.39, 0.29) is 24.8 Å². The lowest BCUT2D eigenvalue weighted by molar-refractivity contribution is 0.285. The van der Waals surface area contributed by atoms with Crippen molar-refractivity contribution in [3.63, 3.8) is 0 Å². The average molecular weight is 229 g/mol. The molecule has 2 nitrogen and oxygen atoms in total. The van der Waals surface area contributed by atoms with Crippen LogP contribution in [0.1, 0.15) is 19.8 Å². The normalized spacial score (nSPS) is 18.9. The molecule has 0 aromatic carbocycles. The van der Waals surface area contributed by atoms with Crippen LogP contribution in [-0.4, -0.2) is 38.1 Å². The van der Waals surface area contributed by atoms with Gasteiger partial charge in [-0.3, -0.25) is 0 Å². The van der Waals surface area contributed by atoms with Crippen molar-refractivity contribution < 1.29 is 0 Å². The molecule has 0 spiro atoms. The molecule has 13 heavy (non-hydrogen) atoms. The lowest BCUT2D eigenvalue weighted by Crippen LogP contribution is -2.30. The van der Waals surface area contributed by atoms with Gasteiger partial charge in [0.15, 0.2) is 0 Å². The van der Waals surface area contributed by atoms with Crippen molar-refractivity contribution in [2.24, 2.45) is 5.92 Å². The van der Waals surface area contributed by atoms with E-state index in [0.29, 0.717) is 0 Å². The second-order valence-electron chi connectivity index (χ2n) is 3.67. The Bertz CT molecular complexity index is 106. The van der Waals surface area contributed by atoms with Gasteiger partial charge >= 0.3 is 0 Å². The molecule has 1 N–H and O–H groups in total. The predicted molar refractivity (Wildman–Crippen MR) is 63.3 cm³/mol. The van der Waals surface area contributed by atoms with Crippen LogP contribution < -0.4 is 5.32 Å². The first-order valence-electron chi connectivity index (χ1n) is 4.70. The van der Waals surface area contributed by atoms with Crippen molar-refractivity contribution in [1.29, 1.82) is 0 Å². The van der Waals surface area contributed by atoms with Gasteiger partial charge < -0.3 is 10.2 Å². The van der Waals surface area contributed by atoms with E-state index in [0.717, 1.165) is 12.5 Å². The summed E-state index contributed by atoms with van der Waals surface area (Å²) in [5, 5.41) is 3.21. The summed E-state index contributed by atoms with van der Waals surface area (Å²) in [6, 6.07) is 0. The van der Waals surface area contributed by atoms with E-state index in [4.69, 9.17) is 0 Å². The molecule has 0 amide bonds. The van der Waals surface area contributed by atoms with Crippen molar-refractivity contribution in [2.45, 2.75) is 19.8 Å². The van der Waals surface area contributed by atoms with Gasteiger partial charge in [0.05, 0.1) is 0 Å². The molecule has 0 aliphatic carbocycles. The number of hydrogen-bond donors (Lipinski definition) is 1. The summed E-state index contributed by atoms with van der Waals surface area (Å²) in [5.41, 5.74) is 0. The number of rotatable bonds is 4. The van der Waals surface area contributed by atoms with Crippen molar-refractivity contribution in [2.75, 3.05) is 33.2 Å². The first-order chi connectivity index (χ1) is 5.33. The molecule has 4 heteroatoms. The minimum atomic E-state index is 0. The van der Waals surface area contributed by atoms with Crippen LogP contribution in [-0.2, 0) is 0 Å². The van der Waals surface area contributed by atoms with Gasteiger partial charge in [-0.1, -0.05) is 6.92 Å². The smallest absolute Gasteiger partial charge is 0.00191 e. The summed E-state index contributed by atoms with van der Waals surface area (Å²) in [6.45, 7) is 7.40. The van der Waals surface area contributed by atoms with Gasteiger partial charge in [0.1, 0.15) is 0 Å². The zero-order chi connectivity index (χ0) is 8.10. The van der Waals surface area contributed by atoms with E-state index in [1.165, 1.54) is 32.5 Å². The fourth-order valence-electron chi connectivity index (χ4n) is 1.82. The third-order valence-corrected chi connectivity index (χ3v) is 2.32. The van der Waals surface area contributed by atoms with Crippen molar-refractivity contribution >= 4 is 24.8 Å². The number of halogens is 2. The third kappa shape index (κ3) is 6.55. The SMILES string of the molecule is CNCC(C)CN1CCCC1.Cl.Cl. The molecule has 1 aliphatic rings. The van der Waals surface area contributed by atoms with Crippen LogP contribution in [0.25, 0.3) is 0 Å². The summed E-state index contributed by atoms with van der Waals surface area (Å²) in [6.07, 6.45) is 2.82. The Labute approximate surface area is 94.3 Å². The molecule has 1 fully saturated rings. The second-order valence-corrected chi connectivity index (χ2v) is 3.67. The number of hydrogen-bond acceptors (Lipinski definition) is 2. The van der Waals surface area contributed by atoms with E-state index in [9.17, 15) is 0 Å². The molecule has 0 aromatic rings. The monoisotopic (exact) mass is 228 g/mol. The molecule has 0 bridgehead atoms. The van der Waals surface area contributed by atoms with Gasteiger partial charge in [-0.25, -0.2) is 0 Å². The van der Waals surface area contributed by atoms with Crippen molar-refractivity contribution in [1.82, 2.24) is 10.2 Å². The van der Waals surface area contributed by atoms with E-state index in [1.807, 2.05) is 7.05 Å². The Morgan fingerprint density at radius 3 is 2.23 bits per heavy atom. The molecule has 1 atom stereocenters. The quantitative estimate of drug-likeness (QED) is 0.790. The molecule has 0 saturated carbocycles. The van der Waals surface area contributed by atoms with Crippen LogP contribution in [0.2, 0.25) is 0 Å². The van der Waals surface area contributed by atoms with E-state index in [1.54, 1.807) is 0 Å². The summed E-state index contributed by atoms with van der Waals surface area (Å²) in [7, 11) is 2.03. The Balaban J connectivity index is 0. The number of likely N-dealkylation sites (tertiary alicyclic amines) is 1. The van der Waals surface area contributed by atoms with Gasteiger partial charge in [-0.05, 0) is 45.4 Å². The minimum Gasteiger partial charge on any atom is -0.319 e. The molecule has 1 unspecified atom stereocenters. The maximum absolute atomic E-state index is 3.21. The summed E-state index contributed by atoms with van der Waals surface area (Å²) in [5.74, 6) is 0.804. The van der Waals surface area contributed by atoms with Crippen molar-refractivity contribution in [3.8, 4) is 0 Å². The van der Waals surface area contributed by atoms with E-state index >= 15 is 0 Å². The molecular formula is C9H22Cl2N2. The van der Waals surface area contributed by atoms with Crippen molar-refractivity contribution in [3.05, 3.63) is 0 Å². The topological polar surface area (TPSA) is 15.3 Å². The third-order valence-electron chi connectivity index (χ3n) is 2.32. The molecule has 0 aromatic heterocycles. The molecular weight excluding hydrogens is 207 g/mol. The number of nitrogens with zero attached hydrogens (tertiary/aromatic N) is 1. The summed E-state index contributed by atoms with van der Waals surface area (Å²) >= 11 is 0. The Kier molecular flexibility index (Phi) is 11.1. The van der Waals surface area contributed by atoms with Gasteiger partial charge in [-0.15, -0.1) is 24.8 Å². The maximum Gasteiger partial charge on any atom is 0.00191 e. The lowest BCUT2D eigenvalue weighted by Gasteiger charge is -2.19. The first-order valence-corrected chi connectivity index (χ1v) is 4.70. The maximum atomic E-state index is 3.21. The van der Waals surface area contributed by atoms with Crippen LogP contribution in [0.5, 0.6) is 0 Å². The minimum absolute atomic E-state index is 0. The highest BCUT2D eigenvalue weighted by Gasteiger charge is 2.13. The molecule has 0 radical (unpaired) electrons. The van der Waals surface area contributed by atoms with E-state index < -0.39 is 0 Å². The fourth-order valence-corrected chi connectivity index (χ4v) is 1.82. The highest BCUT2D eigenvalue weighted by Crippen LogP contribution is 2.09. The highest BCUT2D eigenvalue weighted by atomic mass is 35.5.